The maximum absolute atomic E-state index is 10.7. The van der Waals surface area contributed by atoms with E-state index in [2.05, 4.69) is 9.97 Å². The molecule has 0 spiro atoms. The molecule has 0 bridgehead atoms. The van der Waals surface area contributed by atoms with Crippen LogP contribution in [0.25, 0.3) is 11.3 Å². The van der Waals surface area contributed by atoms with Gasteiger partial charge in [0.15, 0.2) is 11.5 Å². The Balaban J connectivity index is 1.95. The van der Waals surface area contributed by atoms with Crippen molar-refractivity contribution in [1.82, 2.24) is 9.97 Å². The molecule has 0 saturated heterocycles. The normalized spacial score (nSPS) is 12.4. The van der Waals surface area contributed by atoms with Gasteiger partial charge in [-0.2, -0.15) is 0 Å². The highest BCUT2D eigenvalue weighted by Gasteiger charge is 2.16. The molecule has 0 aliphatic carbocycles. The summed E-state index contributed by atoms with van der Waals surface area (Å²) in [5.41, 5.74) is 2.38. The number of nitrogens with zero attached hydrogens (tertiary/aromatic N) is 2. The summed E-state index contributed by atoms with van der Waals surface area (Å²) in [5, 5.41) is 8.79. The molecular weight excluding hydrogens is 260 g/mol. The molecule has 1 N–H and O–H groups in total. The van der Waals surface area contributed by atoms with E-state index in [1.165, 1.54) is 6.33 Å². The number of rotatable bonds is 4. The van der Waals surface area contributed by atoms with Crippen molar-refractivity contribution >= 4 is 5.97 Å². The second-order valence-corrected chi connectivity index (χ2v) is 4.36. The van der Waals surface area contributed by atoms with Crippen LogP contribution in [0.1, 0.15) is 12.0 Å². The Labute approximate surface area is 115 Å². The van der Waals surface area contributed by atoms with Gasteiger partial charge in [0.1, 0.15) is 6.33 Å². The third-order valence-electron chi connectivity index (χ3n) is 3.04. The number of hydrogen-bond donors (Lipinski definition) is 1. The van der Waals surface area contributed by atoms with E-state index in [1.807, 2.05) is 18.2 Å². The highest BCUT2D eigenvalue weighted by Crippen LogP contribution is 2.36. The zero-order chi connectivity index (χ0) is 13.9. The monoisotopic (exact) mass is 272 g/mol. The number of fused-ring (bicyclic) bond motifs is 1. The molecule has 3 rings (SSSR count). The standard InChI is InChI=1S/C14H12N2O4/c17-13(18)4-2-10-6-15-7-16-14(10)9-1-3-11-12(5-9)20-8-19-11/h1,3,5-7H,2,4,8H2,(H,17,18). The molecule has 0 atom stereocenters. The molecule has 0 saturated carbocycles. The number of hydrogen-bond acceptors (Lipinski definition) is 5. The lowest BCUT2D eigenvalue weighted by atomic mass is 10.0. The Kier molecular flexibility index (Phi) is 3.20. The van der Waals surface area contributed by atoms with Crippen LogP contribution in [0.2, 0.25) is 0 Å². The van der Waals surface area contributed by atoms with Gasteiger partial charge in [0.2, 0.25) is 6.79 Å². The Morgan fingerprint density at radius 2 is 2.15 bits per heavy atom. The van der Waals surface area contributed by atoms with Gasteiger partial charge in [0.25, 0.3) is 0 Å². The van der Waals surface area contributed by atoms with E-state index in [4.69, 9.17) is 14.6 Å². The molecule has 1 aromatic carbocycles. The molecule has 1 aromatic heterocycles. The first-order valence-corrected chi connectivity index (χ1v) is 6.15. The largest absolute Gasteiger partial charge is 0.481 e. The lowest BCUT2D eigenvalue weighted by Gasteiger charge is -2.07. The topological polar surface area (TPSA) is 81.5 Å². The minimum atomic E-state index is -0.842. The molecule has 2 aromatic rings. The van der Waals surface area contributed by atoms with Crippen molar-refractivity contribution in [3.8, 4) is 22.8 Å². The smallest absolute Gasteiger partial charge is 0.303 e. The van der Waals surface area contributed by atoms with Crippen LogP contribution in [0.4, 0.5) is 0 Å². The number of benzene rings is 1. The second kappa shape index (κ2) is 5.16. The number of carboxylic acids is 1. The van der Waals surface area contributed by atoms with Crippen LogP contribution in [0, 0.1) is 0 Å². The highest BCUT2D eigenvalue weighted by molar-refractivity contribution is 5.70. The number of aliphatic carboxylic acids is 1. The van der Waals surface area contributed by atoms with Crippen molar-refractivity contribution in [3.63, 3.8) is 0 Å². The molecule has 6 heteroatoms. The number of carbonyl (C=O) groups is 1. The lowest BCUT2D eigenvalue weighted by Crippen LogP contribution is -2.01. The van der Waals surface area contributed by atoms with Crippen molar-refractivity contribution in [2.45, 2.75) is 12.8 Å². The molecule has 102 valence electrons. The van der Waals surface area contributed by atoms with Crippen molar-refractivity contribution in [2.75, 3.05) is 6.79 Å². The van der Waals surface area contributed by atoms with Crippen LogP contribution in [0.5, 0.6) is 11.5 Å². The van der Waals surface area contributed by atoms with Gasteiger partial charge in [0, 0.05) is 18.2 Å². The SMILES string of the molecule is O=C(O)CCc1cncnc1-c1ccc2c(c1)OCO2. The van der Waals surface area contributed by atoms with E-state index < -0.39 is 5.97 Å². The van der Waals surface area contributed by atoms with Crippen molar-refractivity contribution in [1.29, 1.82) is 0 Å². The van der Waals surface area contributed by atoms with Crippen molar-refractivity contribution < 1.29 is 19.4 Å². The van der Waals surface area contributed by atoms with E-state index in [1.54, 1.807) is 6.20 Å². The predicted octanol–water partition coefficient (Wildman–Crippen LogP) is 1.89. The van der Waals surface area contributed by atoms with Gasteiger partial charge in [0.05, 0.1) is 5.69 Å². The van der Waals surface area contributed by atoms with Gasteiger partial charge < -0.3 is 14.6 Å². The molecule has 0 amide bonds. The third-order valence-corrected chi connectivity index (χ3v) is 3.04. The van der Waals surface area contributed by atoms with Crippen LogP contribution < -0.4 is 9.47 Å². The van der Waals surface area contributed by atoms with Gasteiger partial charge in [-0.3, -0.25) is 4.79 Å². The average molecular weight is 272 g/mol. The van der Waals surface area contributed by atoms with E-state index in [0.29, 0.717) is 17.9 Å². The van der Waals surface area contributed by atoms with Gasteiger partial charge in [-0.1, -0.05) is 0 Å². The van der Waals surface area contributed by atoms with E-state index in [0.717, 1.165) is 16.8 Å². The van der Waals surface area contributed by atoms with E-state index in [9.17, 15) is 4.79 Å². The zero-order valence-corrected chi connectivity index (χ0v) is 10.6. The third kappa shape index (κ3) is 2.40. The van der Waals surface area contributed by atoms with Crippen molar-refractivity contribution in [2.24, 2.45) is 0 Å². The summed E-state index contributed by atoms with van der Waals surface area (Å²) in [6.07, 6.45) is 3.53. The summed E-state index contributed by atoms with van der Waals surface area (Å²) in [6, 6.07) is 5.54. The van der Waals surface area contributed by atoms with Gasteiger partial charge in [-0.15, -0.1) is 0 Å². The molecule has 1 aliphatic rings. The fourth-order valence-corrected chi connectivity index (χ4v) is 2.09. The van der Waals surface area contributed by atoms with Crippen molar-refractivity contribution in [3.05, 3.63) is 36.3 Å². The Morgan fingerprint density at radius 3 is 3.00 bits per heavy atom. The summed E-state index contributed by atoms with van der Waals surface area (Å²) in [5.74, 6) is 0.533. The van der Waals surface area contributed by atoms with Gasteiger partial charge >= 0.3 is 5.97 Å². The van der Waals surface area contributed by atoms with Crippen LogP contribution in [-0.4, -0.2) is 27.8 Å². The summed E-state index contributed by atoms with van der Waals surface area (Å²) < 4.78 is 10.6. The average Bonchev–Trinajstić information content (AvgIpc) is 2.92. The van der Waals surface area contributed by atoms with Crippen LogP contribution in [-0.2, 0) is 11.2 Å². The minimum Gasteiger partial charge on any atom is -0.481 e. The number of carboxylic acid groups (broad SMARTS) is 1. The maximum Gasteiger partial charge on any atom is 0.303 e. The summed E-state index contributed by atoms with van der Waals surface area (Å²) in [6.45, 7) is 0.217. The van der Waals surface area contributed by atoms with E-state index >= 15 is 0 Å². The van der Waals surface area contributed by atoms with Gasteiger partial charge in [-0.25, -0.2) is 9.97 Å². The molecule has 2 heterocycles. The number of ether oxygens (including phenoxy) is 2. The second-order valence-electron chi connectivity index (χ2n) is 4.36. The van der Waals surface area contributed by atoms with Crippen LogP contribution in [0.15, 0.2) is 30.7 Å². The Bertz CT molecular complexity index is 657. The molecule has 1 aliphatic heterocycles. The minimum absolute atomic E-state index is 0.0466. The first kappa shape index (κ1) is 12.4. The Hall–Kier alpha value is -2.63. The number of aromatic nitrogens is 2. The summed E-state index contributed by atoms with van der Waals surface area (Å²) >= 11 is 0. The summed E-state index contributed by atoms with van der Waals surface area (Å²) in [4.78, 5) is 18.9. The zero-order valence-electron chi connectivity index (χ0n) is 10.6. The van der Waals surface area contributed by atoms with E-state index in [-0.39, 0.29) is 13.2 Å². The summed E-state index contributed by atoms with van der Waals surface area (Å²) in [7, 11) is 0. The molecule has 20 heavy (non-hydrogen) atoms. The maximum atomic E-state index is 10.7. The first-order valence-electron chi connectivity index (χ1n) is 6.15. The fraction of sp³-hybridized carbons (Fsp3) is 0.214. The highest BCUT2D eigenvalue weighted by atomic mass is 16.7. The lowest BCUT2D eigenvalue weighted by molar-refractivity contribution is -0.136. The van der Waals surface area contributed by atoms with Crippen LogP contribution in [0.3, 0.4) is 0 Å². The fourth-order valence-electron chi connectivity index (χ4n) is 2.09. The number of aryl methyl sites for hydroxylation is 1. The molecular formula is C14H12N2O4. The van der Waals surface area contributed by atoms with Gasteiger partial charge in [-0.05, 0) is 30.2 Å². The quantitative estimate of drug-likeness (QED) is 0.915. The first-order chi connectivity index (χ1) is 9.74. The van der Waals surface area contributed by atoms with Crippen LogP contribution >= 0.6 is 0 Å². The molecule has 0 radical (unpaired) electrons. The molecule has 0 unspecified atom stereocenters. The molecule has 0 fully saturated rings. The molecule has 6 nitrogen and oxygen atoms in total. The Morgan fingerprint density at radius 1 is 1.30 bits per heavy atom. The predicted molar refractivity (Wildman–Crippen MR) is 69.5 cm³/mol.